The minimum absolute atomic E-state index is 0.0898. The molecular formula is C12H16N6S2. The number of piperazine rings is 1. The lowest BCUT2D eigenvalue weighted by Gasteiger charge is -2.26. The number of thiazole rings is 1. The Labute approximate surface area is 124 Å². The molecular weight excluding hydrogens is 292 g/mol. The summed E-state index contributed by atoms with van der Waals surface area (Å²) in [6, 6.07) is 0. The molecule has 4 rings (SSSR count). The van der Waals surface area contributed by atoms with Crippen LogP contribution in [0.3, 0.4) is 0 Å². The molecule has 106 valence electrons. The summed E-state index contributed by atoms with van der Waals surface area (Å²) in [7, 11) is 1.95. The molecule has 1 aromatic rings. The average molecular weight is 308 g/mol. The van der Waals surface area contributed by atoms with E-state index < -0.39 is 0 Å². The Bertz CT molecular complexity index is 613. The zero-order chi connectivity index (χ0) is 13.5. The number of anilines is 1. The van der Waals surface area contributed by atoms with E-state index in [4.69, 9.17) is 4.98 Å². The topological polar surface area (TPSA) is 47.0 Å². The quantitative estimate of drug-likeness (QED) is 0.824. The molecule has 3 aliphatic heterocycles. The molecule has 1 fully saturated rings. The maximum absolute atomic E-state index is 4.86. The van der Waals surface area contributed by atoms with Crippen LogP contribution in [-0.4, -0.2) is 59.6 Å². The SMILES string of the molecule is CN1C=NN2C=CS(c3csc(N4CCNCC4)n3)=C12. The second-order valence-electron chi connectivity index (χ2n) is 4.80. The maximum Gasteiger partial charge on any atom is 0.186 e. The zero-order valence-corrected chi connectivity index (χ0v) is 12.8. The third-order valence-electron chi connectivity index (χ3n) is 3.47. The highest BCUT2D eigenvalue weighted by Crippen LogP contribution is 2.39. The van der Waals surface area contributed by atoms with Crippen molar-refractivity contribution in [3.05, 3.63) is 17.0 Å². The molecule has 0 spiro atoms. The van der Waals surface area contributed by atoms with Crippen molar-refractivity contribution in [2.24, 2.45) is 5.10 Å². The van der Waals surface area contributed by atoms with Crippen LogP contribution in [0.2, 0.25) is 0 Å². The molecule has 1 unspecified atom stereocenters. The largest absolute Gasteiger partial charge is 0.346 e. The van der Waals surface area contributed by atoms with Crippen LogP contribution < -0.4 is 10.2 Å². The van der Waals surface area contributed by atoms with E-state index in [0.717, 1.165) is 36.3 Å². The van der Waals surface area contributed by atoms with E-state index in [9.17, 15) is 0 Å². The van der Waals surface area contributed by atoms with E-state index in [1.54, 1.807) is 11.3 Å². The Morgan fingerprint density at radius 2 is 2.20 bits per heavy atom. The second kappa shape index (κ2) is 4.87. The molecule has 1 N–H and O–H groups in total. The first-order valence-electron chi connectivity index (χ1n) is 6.59. The van der Waals surface area contributed by atoms with Gasteiger partial charge in [-0.1, -0.05) is 10.5 Å². The Morgan fingerprint density at radius 3 is 3.05 bits per heavy atom. The summed E-state index contributed by atoms with van der Waals surface area (Å²) in [5, 5.41) is 17.5. The third kappa shape index (κ3) is 1.95. The second-order valence-corrected chi connectivity index (χ2v) is 7.36. The van der Waals surface area contributed by atoms with E-state index in [1.807, 2.05) is 24.6 Å². The van der Waals surface area contributed by atoms with Crippen molar-refractivity contribution in [2.45, 2.75) is 5.03 Å². The van der Waals surface area contributed by atoms with E-state index in [1.165, 1.54) is 5.11 Å². The summed E-state index contributed by atoms with van der Waals surface area (Å²) in [6.45, 7) is 4.18. The minimum atomic E-state index is -0.0898. The number of aromatic nitrogens is 1. The molecule has 0 saturated carbocycles. The van der Waals surface area contributed by atoms with E-state index in [2.05, 4.69) is 31.0 Å². The summed E-state index contributed by atoms with van der Waals surface area (Å²) in [5.41, 5.74) is 0. The van der Waals surface area contributed by atoms with Crippen molar-refractivity contribution in [2.75, 3.05) is 38.1 Å². The molecule has 1 atom stereocenters. The number of rotatable bonds is 2. The molecule has 8 heteroatoms. The van der Waals surface area contributed by atoms with Gasteiger partial charge in [0.15, 0.2) is 10.2 Å². The van der Waals surface area contributed by atoms with Gasteiger partial charge in [0.1, 0.15) is 11.4 Å². The molecule has 1 saturated heterocycles. The fourth-order valence-corrected chi connectivity index (χ4v) is 5.34. The van der Waals surface area contributed by atoms with E-state index in [0.29, 0.717) is 0 Å². The van der Waals surface area contributed by atoms with Crippen LogP contribution in [0, 0.1) is 0 Å². The molecule has 20 heavy (non-hydrogen) atoms. The van der Waals surface area contributed by atoms with Crippen molar-refractivity contribution in [1.29, 1.82) is 0 Å². The Hall–Kier alpha value is -1.38. The van der Waals surface area contributed by atoms with Gasteiger partial charge in [-0.05, 0) is 5.41 Å². The molecule has 4 heterocycles. The van der Waals surface area contributed by atoms with Gasteiger partial charge in [0.2, 0.25) is 0 Å². The summed E-state index contributed by atoms with van der Waals surface area (Å²) in [5.74, 6) is 0. The number of fused-ring (bicyclic) bond motifs is 1. The van der Waals surface area contributed by atoms with Gasteiger partial charge >= 0.3 is 0 Å². The molecule has 3 aliphatic rings. The molecule has 0 bridgehead atoms. The van der Waals surface area contributed by atoms with E-state index >= 15 is 0 Å². The van der Waals surface area contributed by atoms with Gasteiger partial charge in [-0.15, -0.1) is 11.3 Å². The molecule has 6 nitrogen and oxygen atoms in total. The van der Waals surface area contributed by atoms with Gasteiger partial charge < -0.3 is 15.1 Å². The van der Waals surface area contributed by atoms with Gasteiger partial charge in [0.05, 0.1) is 0 Å². The van der Waals surface area contributed by atoms with Crippen molar-refractivity contribution in [3.8, 4) is 0 Å². The van der Waals surface area contributed by atoms with Crippen LogP contribution in [0.15, 0.2) is 27.1 Å². The standard InChI is InChI=1S/C12H16N6S2/c1-16-9-14-18-6-7-20(12(16)18)10-8-19-11(15-10)17-4-2-13-3-5-17/h6-9,13H,2-5H2,1H3. The first-order chi connectivity index (χ1) is 9.83. The lowest BCUT2D eigenvalue weighted by molar-refractivity contribution is 0.587. The normalized spacial score (nSPS) is 24.9. The van der Waals surface area contributed by atoms with Gasteiger partial charge in [0, 0.05) is 44.8 Å². The van der Waals surface area contributed by atoms with E-state index in [-0.39, 0.29) is 10.5 Å². The number of hydrogen-bond donors (Lipinski definition) is 1. The minimum Gasteiger partial charge on any atom is -0.346 e. The molecule has 1 aromatic heterocycles. The zero-order valence-electron chi connectivity index (χ0n) is 11.2. The summed E-state index contributed by atoms with van der Waals surface area (Å²) < 4.78 is 0. The highest BCUT2D eigenvalue weighted by molar-refractivity contribution is 8.18. The molecule has 0 amide bonds. The fraction of sp³-hybridized carbons (Fsp3) is 0.417. The first kappa shape index (κ1) is 12.4. The number of nitrogens with one attached hydrogen (secondary N) is 1. The highest BCUT2D eigenvalue weighted by atomic mass is 32.2. The molecule has 0 radical (unpaired) electrons. The van der Waals surface area contributed by atoms with Gasteiger partial charge in [-0.3, -0.25) is 0 Å². The highest BCUT2D eigenvalue weighted by Gasteiger charge is 2.26. The van der Waals surface area contributed by atoms with Crippen LogP contribution in [0.5, 0.6) is 0 Å². The van der Waals surface area contributed by atoms with Gasteiger partial charge in [-0.2, -0.15) is 5.10 Å². The number of nitrogens with zero attached hydrogens (tertiary/aromatic N) is 5. The average Bonchev–Trinajstić information content (AvgIpc) is 3.18. The molecule has 0 aliphatic carbocycles. The lowest BCUT2D eigenvalue weighted by Crippen LogP contribution is -2.43. The van der Waals surface area contributed by atoms with Gasteiger partial charge in [0.25, 0.3) is 0 Å². The van der Waals surface area contributed by atoms with Crippen LogP contribution in [0.4, 0.5) is 5.13 Å². The third-order valence-corrected chi connectivity index (χ3v) is 6.44. The first-order valence-corrected chi connectivity index (χ1v) is 8.75. The van der Waals surface area contributed by atoms with Crippen molar-refractivity contribution < 1.29 is 0 Å². The van der Waals surface area contributed by atoms with Crippen molar-refractivity contribution >= 4 is 38.4 Å². The number of hydrogen-bond acceptors (Lipinski definition) is 7. The van der Waals surface area contributed by atoms with Crippen molar-refractivity contribution in [3.63, 3.8) is 0 Å². The van der Waals surface area contributed by atoms with Crippen LogP contribution >= 0.6 is 21.8 Å². The van der Waals surface area contributed by atoms with Crippen LogP contribution in [-0.2, 0) is 0 Å². The monoisotopic (exact) mass is 308 g/mol. The smallest absolute Gasteiger partial charge is 0.186 e. The van der Waals surface area contributed by atoms with Crippen molar-refractivity contribution in [1.82, 2.24) is 20.2 Å². The fourth-order valence-electron chi connectivity index (χ4n) is 2.45. The Kier molecular flexibility index (Phi) is 3.01. The summed E-state index contributed by atoms with van der Waals surface area (Å²) >= 11 is 1.75. The summed E-state index contributed by atoms with van der Waals surface area (Å²) in [6.07, 6.45) is 3.88. The Morgan fingerprint density at radius 1 is 1.35 bits per heavy atom. The predicted octanol–water partition coefficient (Wildman–Crippen LogP) is 0.943. The van der Waals surface area contributed by atoms with Crippen LogP contribution in [0.1, 0.15) is 0 Å². The molecule has 0 aromatic carbocycles. The maximum atomic E-state index is 4.86. The van der Waals surface area contributed by atoms with Crippen LogP contribution in [0.25, 0.3) is 0 Å². The summed E-state index contributed by atoms with van der Waals surface area (Å²) in [4.78, 5) is 9.30. The number of hydrazone groups is 1. The van der Waals surface area contributed by atoms with Gasteiger partial charge in [-0.25, -0.2) is 9.99 Å². The lowest BCUT2D eigenvalue weighted by atomic mass is 10.4. The predicted molar refractivity (Wildman–Crippen MR) is 85.3 cm³/mol. The Balaban J connectivity index is 1.64.